The average molecular weight is 523 g/mol. The molecule has 10 nitrogen and oxygen atoms in total. The summed E-state index contributed by atoms with van der Waals surface area (Å²) in [6, 6.07) is 7.76. The monoisotopic (exact) mass is 522 g/mol. The molecule has 3 aromatic rings. The third-order valence-corrected chi connectivity index (χ3v) is 8.18. The van der Waals surface area contributed by atoms with Gasteiger partial charge in [0.1, 0.15) is 18.3 Å². The molecule has 11 heteroatoms. The van der Waals surface area contributed by atoms with Crippen LogP contribution in [0.3, 0.4) is 0 Å². The zero-order valence-electron chi connectivity index (χ0n) is 21.2. The summed E-state index contributed by atoms with van der Waals surface area (Å²) in [6.45, 7) is 5.69. The Labute approximate surface area is 219 Å². The van der Waals surface area contributed by atoms with Crippen molar-refractivity contribution in [2.45, 2.75) is 31.6 Å². The molecule has 2 aliphatic rings. The number of likely N-dealkylation sites (N-methyl/N-ethyl adjacent to an activating group) is 1. The summed E-state index contributed by atoms with van der Waals surface area (Å²) in [6.07, 6.45) is 3.02. The number of ether oxygens (including phenoxy) is 2. The number of methoxy groups -OCH3 is 1. The van der Waals surface area contributed by atoms with Gasteiger partial charge in [0, 0.05) is 43.2 Å². The van der Waals surface area contributed by atoms with Crippen LogP contribution >= 0.6 is 11.3 Å². The molecule has 3 N–H and O–H groups in total. The van der Waals surface area contributed by atoms with E-state index < -0.39 is 17.5 Å². The molecule has 1 saturated heterocycles. The molecule has 4 heterocycles. The summed E-state index contributed by atoms with van der Waals surface area (Å²) < 4.78 is 12.0. The minimum absolute atomic E-state index is 0.0686. The molecule has 0 spiro atoms. The van der Waals surface area contributed by atoms with Gasteiger partial charge in [-0.3, -0.25) is 4.90 Å². The highest BCUT2D eigenvalue weighted by Crippen LogP contribution is 2.50. The van der Waals surface area contributed by atoms with E-state index in [1.165, 1.54) is 17.7 Å². The lowest BCUT2D eigenvalue weighted by molar-refractivity contribution is -0.155. The first-order valence-corrected chi connectivity index (χ1v) is 12.8. The highest BCUT2D eigenvalue weighted by molar-refractivity contribution is 7.13. The molecule has 194 valence electrons. The second-order valence-electron chi connectivity index (χ2n) is 9.45. The van der Waals surface area contributed by atoms with Crippen molar-refractivity contribution in [3.8, 4) is 10.4 Å². The van der Waals surface area contributed by atoms with Gasteiger partial charge in [0.05, 0.1) is 39.9 Å². The normalized spacial score (nSPS) is 24.4. The molecule has 5 rings (SSSR count). The van der Waals surface area contributed by atoms with Crippen LogP contribution in [0.2, 0.25) is 0 Å². The van der Waals surface area contributed by atoms with Gasteiger partial charge in [-0.2, -0.15) is 0 Å². The Kier molecular flexibility index (Phi) is 6.61. The highest BCUT2D eigenvalue weighted by Gasteiger charge is 2.54. The first-order valence-electron chi connectivity index (χ1n) is 12.0. The lowest BCUT2D eigenvalue weighted by atomic mass is 9.83. The molecule has 37 heavy (non-hydrogen) atoms. The number of para-hydroxylation sites is 1. The molecular formula is C26H30N6O4S. The van der Waals surface area contributed by atoms with Crippen molar-refractivity contribution in [2.75, 3.05) is 38.7 Å². The van der Waals surface area contributed by atoms with Crippen LogP contribution in [-0.2, 0) is 14.3 Å². The summed E-state index contributed by atoms with van der Waals surface area (Å²) in [7, 11) is 3.73. The Morgan fingerprint density at radius 3 is 2.76 bits per heavy atom. The molecular weight excluding hydrogens is 492 g/mol. The molecule has 2 aromatic heterocycles. The van der Waals surface area contributed by atoms with Crippen molar-refractivity contribution < 1.29 is 19.4 Å². The fraction of sp³-hybridized carbons (Fsp3) is 0.385. The summed E-state index contributed by atoms with van der Waals surface area (Å²) in [4.78, 5) is 31.0. The van der Waals surface area contributed by atoms with Crippen LogP contribution in [0.25, 0.3) is 16.2 Å². The molecule has 0 saturated carbocycles. The van der Waals surface area contributed by atoms with Crippen LogP contribution in [0.4, 0.5) is 5.69 Å². The van der Waals surface area contributed by atoms with Gasteiger partial charge in [-0.25, -0.2) is 19.7 Å². The van der Waals surface area contributed by atoms with Crippen LogP contribution in [0.15, 0.2) is 48.0 Å². The molecule has 1 aromatic carbocycles. The van der Waals surface area contributed by atoms with E-state index >= 15 is 0 Å². The van der Waals surface area contributed by atoms with Crippen molar-refractivity contribution in [1.82, 2.24) is 19.9 Å². The molecule has 0 aliphatic carbocycles. The summed E-state index contributed by atoms with van der Waals surface area (Å²) in [5.41, 5.74) is 10.8. The lowest BCUT2D eigenvalue weighted by Gasteiger charge is -2.40. The third kappa shape index (κ3) is 4.22. The van der Waals surface area contributed by atoms with Gasteiger partial charge in [0.15, 0.2) is 0 Å². The number of piperazine rings is 1. The molecule has 0 amide bonds. The van der Waals surface area contributed by atoms with Crippen molar-refractivity contribution in [3.05, 3.63) is 64.9 Å². The topological polar surface area (TPSA) is 127 Å². The number of benzene rings is 1. The number of aryl methyl sites for hydroxylation is 1. The van der Waals surface area contributed by atoms with Crippen LogP contribution in [0.5, 0.6) is 0 Å². The number of aromatic nitrogens is 3. The number of aliphatic carboxylic acids is 1. The second kappa shape index (κ2) is 9.73. The summed E-state index contributed by atoms with van der Waals surface area (Å²) in [5.74, 6) is -1.62. The van der Waals surface area contributed by atoms with E-state index in [9.17, 15) is 9.90 Å². The predicted molar refractivity (Wildman–Crippen MR) is 141 cm³/mol. The van der Waals surface area contributed by atoms with E-state index in [4.69, 9.17) is 15.2 Å². The van der Waals surface area contributed by atoms with Gasteiger partial charge in [-0.1, -0.05) is 12.1 Å². The molecule has 3 atom stereocenters. The zero-order chi connectivity index (χ0) is 26.3. The van der Waals surface area contributed by atoms with E-state index in [2.05, 4.69) is 24.8 Å². The van der Waals surface area contributed by atoms with Crippen LogP contribution < -0.4 is 10.6 Å². The predicted octanol–water partition coefficient (Wildman–Crippen LogP) is 2.92. The van der Waals surface area contributed by atoms with E-state index in [0.717, 1.165) is 34.9 Å². The fourth-order valence-corrected chi connectivity index (χ4v) is 5.93. The van der Waals surface area contributed by atoms with Gasteiger partial charge in [0.25, 0.3) is 0 Å². The van der Waals surface area contributed by atoms with Gasteiger partial charge >= 0.3 is 5.97 Å². The maximum atomic E-state index is 12.7. The molecule has 0 radical (unpaired) electrons. The van der Waals surface area contributed by atoms with Crippen LogP contribution in [-0.4, -0.2) is 76.5 Å². The number of anilines is 1. The SMILES string of the molecule is COC1CN(c2ccccc2C2=C(N)C(c3ncncc3-c3scnc3C)C(C)(C(=O)O)O2)CCN1C. The van der Waals surface area contributed by atoms with Crippen molar-refractivity contribution in [1.29, 1.82) is 0 Å². The number of rotatable bonds is 6. The van der Waals surface area contributed by atoms with Gasteiger partial charge < -0.3 is 25.2 Å². The maximum absolute atomic E-state index is 12.7. The van der Waals surface area contributed by atoms with Gasteiger partial charge in [-0.05, 0) is 33.0 Å². The van der Waals surface area contributed by atoms with E-state index in [0.29, 0.717) is 29.3 Å². The Morgan fingerprint density at radius 1 is 1.27 bits per heavy atom. The number of thiazole rings is 1. The Bertz CT molecular complexity index is 1360. The quantitative estimate of drug-likeness (QED) is 0.499. The maximum Gasteiger partial charge on any atom is 0.348 e. The molecule has 0 bridgehead atoms. The fourth-order valence-electron chi connectivity index (χ4n) is 5.10. The average Bonchev–Trinajstić information content (AvgIpc) is 3.44. The minimum atomic E-state index is -1.68. The number of nitrogens with zero attached hydrogens (tertiary/aromatic N) is 5. The highest BCUT2D eigenvalue weighted by atomic mass is 32.1. The number of hydrogen-bond acceptors (Lipinski definition) is 10. The number of hydrogen-bond donors (Lipinski definition) is 2. The molecule has 1 fully saturated rings. The Morgan fingerprint density at radius 2 is 2.05 bits per heavy atom. The van der Waals surface area contributed by atoms with E-state index in [1.807, 2.05) is 38.2 Å². The Balaban J connectivity index is 1.64. The third-order valence-electron chi connectivity index (χ3n) is 7.22. The van der Waals surface area contributed by atoms with Crippen molar-refractivity contribution in [2.24, 2.45) is 5.73 Å². The number of carbonyl (C=O) groups is 1. The largest absolute Gasteiger partial charge is 0.478 e. The number of carboxylic acids is 1. The van der Waals surface area contributed by atoms with Crippen LogP contribution in [0, 0.1) is 6.92 Å². The van der Waals surface area contributed by atoms with Crippen molar-refractivity contribution in [3.63, 3.8) is 0 Å². The van der Waals surface area contributed by atoms with E-state index in [1.54, 1.807) is 25.7 Å². The number of carboxylic acid groups (broad SMARTS) is 1. The minimum Gasteiger partial charge on any atom is -0.478 e. The molecule has 2 aliphatic heterocycles. The lowest BCUT2D eigenvalue weighted by Crippen LogP contribution is -2.52. The van der Waals surface area contributed by atoms with E-state index in [-0.39, 0.29) is 6.23 Å². The zero-order valence-corrected chi connectivity index (χ0v) is 22.0. The second-order valence-corrected chi connectivity index (χ2v) is 10.3. The standard InChI is InChI=1S/C26H30N6O4S/c1-15-24(37-14-30-15)17-11-28-13-29-22(17)20-21(27)23(36-26(20,2)25(33)34)16-7-5-6-8-18(16)32-10-9-31(3)19(12-32)35-4/h5-8,11,13-14,19-20H,9-10,12,27H2,1-4H3,(H,33,34). The summed E-state index contributed by atoms with van der Waals surface area (Å²) in [5, 5.41) is 10.4. The smallest absolute Gasteiger partial charge is 0.348 e. The first kappa shape index (κ1) is 25.1. The Hall–Kier alpha value is -3.54. The summed E-state index contributed by atoms with van der Waals surface area (Å²) >= 11 is 1.45. The first-order chi connectivity index (χ1) is 17.8. The van der Waals surface area contributed by atoms with Gasteiger partial charge in [0.2, 0.25) is 5.60 Å². The van der Waals surface area contributed by atoms with Crippen LogP contribution in [0.1, 0.15) is 29.8 Å². The van der Waals surface area contributed by atoms with Crippen molar-refractivity contribution >= 4 is 28.8 Å². The number of nitrogens with two attached hydrogens (primary N) is 1. The van der Waals surface area contributed by atoms with Gasteiger partial charge in [-0.15, -0.1) is 11.3 Å². The molecule has 3 unspecified atom stereocenters.